The SMILES string of the molecule is CC(C)C(NC(=O)c1ccccc1NC(=O)c1ccccc1)C(=O)Nc1ccccc1. The summed E-state index contributed by atoms with van der Waals surface area (Å²) in [6.45, 7) is 3.72. The summed E-state index contributed by atoms with van der Waals surface area (Å²) in [5, 5.41) is 8.41. The van der Waals surface area contributed by atoms with Crippen molar-refractivity contribution in [1.82, 2.24) is 5.32 Å². The number of hydrogen-bond acceptors (Lipinski definition) is 3. The van der Waals surface area contributed by atoms with E-state index in [4.69, 9.17) is 0 Å². The molecule has 1 unspecified atom stereocenters. The lowest BCUT2D eigenvalue weighted by Gasteiger charge is -2.22. The number of rotatable bonds is 7. The van der Waals surface area contributed by atoms with Crippen molar-refractivity contribution >= 4 is 29.1 Å². The second-order valence-corrected chi connectivity index (χ2v) is 7.42. The first-order chi connectivity index (χ1) is 15.0. The largest absolute Gasteiger partial charge is 0.340 e. The number of anilines is 2. The van der Waals surface area contributed by atoms with E-state index in [1.54, 1.807) is 60.7 Å². The number of amides is 3. The highest BCUT2D eigenvalue weighted by atomic mass is 16.2. The van der Waals surface area contributed by atoms with Crippen LogP contribution in [0.15, 0.2) is 84.9 Å². The Morgan fingerprint density at radius 1 is 0.677 bits per heavy atom. The summed E-state index contributed by atoms with van der Waals surface area (Å²) in [6.07, 6.45) is 0. The van der Waals surface area contributed by atoms with Gasteiger partial charge in [-0.25, -0.2) is 0 Å². The summed E-state index contributed by atoms with van der Waals surface area (Å²) in [5.74, 6) is -1.20. The van der Waals surface area contributed by atoms with E-state index in [-0.39, 0.29) is 23.3 Å². The Kier molecular flexibility index (Phi) is 7.17. The predicted octanol–water partition coefficient (Wildman–Crippen LogP) is 4.33. The fourth-order valence-electron chi connectivity index (χ4n) is 3.07. The number of nitrogens with one attached hydrogen (secondary N) is 3. The zero-order valence-corrected chi connectivity index (χ0v) is 17.5. The predicted molar refractivity (Wildman–Crippen MR) is 122 cm³/mol. The van der Waals surface area contributed by atoms with Crippen molar-refractivity contribution in [1.29, 1.82) is 0 Å². The minimum absolute atomic E-state index is 0.140. The van der Waals surface area contributed by atoms with Gasteiger partial charge in [-0.2, -0.15) is 0 Å². The number of benzene rings is 3. The van der Waals surface area contributed by atoms with E-state index < -0.39 is 11.9 Å². The zero-order chi connectivity index (χ0) is 22.2. The Morgan fingerprint density at radius 2 is 1.26 bits per heavy atom. The summed E-state index contributed by atoms with van der Waals surface area (Å²) >= 11 is 0. The molecule has 1 atom stereocenters. The normalized spacial score (nSPS) is 11.5. The standard InChI is InChI=1S/C25H25N3O3/c1-17(2)22(25(31)26-19-13-7-4-8-14-19)28-24(30)20-15-9-10-16-21(20)27-23(29)18-11-5-3-6-12-18/h3-17,22H,1-2H3,(H,26,31)(H,27,29)(H,28,30). The molecule has 0 saturated carbocycles. The molecule has 6 heteroatoms. The highest BCUT2D eigenvalue weighted by Crippen LogP contribution is 2.18. The Balaban J connectivity index is 1.75. The molecule has 6 nitrogen and oxygen atoms in total. The van der Waals surface area contributed by atoms with Crippen LogP contribution in [0.2, 0.25) is 0 Å². The monoisotopic (exact) mass is 415 g/mol. The summed E-state index contributed by atoms with van der Waals surface area (Å²) < 4.78 is 0. The highest BCUT2D eigenvalue weighted by molar-refractivity contribution is 6.10. The molecule has 0 aliphatic rings. The third-order valence-electron chi connectivity index (χ3n) is 4.73. The highest BCUT2D eigenvalue weighted by Gasteiger charge is 2.26. The molecule has 3 amide bonds. The molecule has 0 saturated heterocycles. The lowest BCUT2D eigenvalue weighted by molar-refractivity contribution is -0.118. The van der Waals surface area contributed by atoms with Gasteiger partial charge in [-0.3, -0.25) is 14.4 Å². The quantitative estimate of drug-likeness (QED) is 0.537. The van der Waals surface area contributed by atoms with Gasteiger partial charge in [0.05, 0.1) is 11.3 Å². The van der Waals surface area contributed by atoms with Gasteiger partial charge in [0.15, 0.2) is 0 Å². The molecule has 0 radical (unpaired) electrons. The fraction of sp³-hybridized carbons (Fsp3) is 0.160. The zero-order valence-electron chi connectivity index (χ0n) is 17.5. The fourth-order valence-corrected chi connectivity index (χ4v) is 3.07. The summed E-state index contributed by atoms with van der Waals surface area (Å²) in [6, 6.07) is 23.8. The molecule has 0 spiro atoms. The van der Waals surface area contributed by atoms with Gasteiger partial charge < -0.3 is 16.0 Å². The van der Waals surface area contributed by atoms with Crippen LogP contribution >= 0.6 is 0 Å². The maximum atomic E-state index is 13.0. The van der Waals surface area contributed by atoms with Gasteiger partial charge in [0.2, 0.25) is 5.91 Å². The van der Waals surface area contributed by atoms with Crippen molar-refractivity contribution in [3.63, 3.8) is 0 Å². The van der Waals surface area contributed by atoms with Gasteiger partial charge in [0.25, 0.3) is 11.8 Å². The maximum absolute atomic E-state index is 13.0. The molecular formula is C25H25N3O3. The molecule has 3 aromatic carbocycles. The second kappa shape index (κ2) is 10.2. The molecule has 0 fully saturated rings. The average Bonchev–Trinajstić information content (AvgIpc) is 2.78. The number of carbonyl (C=O) groups is 3. The Bertz CT molecular complexity index is 1050. The first kappa shape index (κ1) is 21.8. The van der Waals surface area contributed by atoms with Crippen LogP contribution in [-0.4, -0.2) is 23.8 Å². The topological polar surface area (TPSA) is 87.3 Å². The number of carbonyl (C=O) groups excluding carboxylic acids is 3. The molecule has 158 valence electrons. The van der Waals surface area contributed by atoms with Crippen LogP contribution in [0.3, 0.4) is 0 Å². The van der Waals surface area contributed by atoms with Gasteiger partial charge in [0.1, 0.15) is 6.04 Å². The second-order valence-electron chi connectivity index (χ2n) is 7.42. The van der Waals surface area contributed by atoms with E-state index >= 15 is 0 Å². The van der Waals surface area contributed by atoms with E-state index in [0.29, 0.717) is 16.9 Å². The van der Waals surface area contributed by atoms with Crippen molar-refractivity contribution in [2.75, 3.05) is 10.6 Å². The first-order valence-corrected chi connectivity index (χ1v) is 10.1. The van der Waals surface area contributed by atoms with Gasteiger partial charge in [0, 0.05) is 11.3 Å². The van der Waals surface area contributed by atoms with Gasteiger partial charge in [-0.1, -0.05) is 62.4 Å². The molecule has 3 N–H and O–H groups in total. The minimum Gasteiger partial charge on any atom is -0.340 e. The lowest BCUT2D eigenvalue weighted by atomic mass is 10.0. The van der Waals surface area contributed by atoms with E-state index in [1.807, 2.05) is 38.1 Å². The molecule has 0 aliphatic heterocycles. The number of hydrogen-bond donors (Lipinski definition) is 3. The van der Waals surface area contributed by atoms with Crippen LogP contribution in [0.4, 0.5) is 11.4 Å². The molecule has 0 aliphatic carbocycles. The molecule has 0 heterocycles. The van der Waals surface area contributed by atoms with E-state index in [2.05, 4.69) is 16.0 Å². The van der Waals surface area contributed by atoms with Crippen LogP contribution in [0.5, 0.6) is 0 Å². The summed E-state index contributed by atoms with van der Waals surface area (Å²) in [7, 11) is 0. The summed E-state index contributed by atoms with van der Waals surface area (Å²) in [4.78, 5) is 38.3. The van der Waals surface area contributed by atoms with Gasteiger partial charge in [-0.15, -0.1) is 0 Å². The molecule has 3 rings (SSSR count). The van der Waals surface area contributed by atoms with Crippen molar-refractivity contribution in [2.24, 2.45) is 5.92 Å². The van der Waals surface area contributed by atoms with Crippen LogP contribution < -0.4 is 16.0 Å². The minimum atomic E-state index is -0.745. The van der Waals surface area contributed by atoms with Crippen LogP contribution in [-0.2, 0) is 4.79 Å². The molecular weight excluding hydrogens is 390 g/mol. The Hall–Kier alpha value is -3.93. The molecule has 0 bridgehead atoms. The van der Waals surface area contributed by atoms with Gasteiger partial charge in [-0.05, 0) is 42.3 Å². The van der Waals surface area contributed by atoms with Crippen molar-refractivity contribution < 1.29 is 14.4 Å². The summed E-state index contributed by atoms with van der Waals surface area (Å²) in [5.41, 5.74) is 1.80. The molecule has 31 heavy (non-hydrogen) atoms. The van der Waals surface area contributed by atoms with Crippen molar-refractivity contribution in [3.8, 4) is 0 Å². The smallest absolute Gasteiger partial charge is 0.255 e. The maximum Gasteiger partial charge on any atom is 0.255 e. The van der Waals surface area contributed by atoms with E-state index in [9.17, 15) is 14.4 Å². The molecule has 3 aromatic rings. The van der Waals surface area contributed by atoms with Crippen LogP contribution in [0, 0.1) is 5.92 Å². The van der Waals surface area contributed by atoms with Crippen molar-refractivity contribution in [3.05, 3.63) is 96.1 Å². The van der Waals surface area contributed by atoms with Crippen molar-refractivity contribution in [2.45, 2.75) is 19.9 Å². The number of para-hydroxylation sites is 2. The molecule has 0 aromatic heterocycles. The Labute approximate surface area is 181 Å². The van der Waals surface area contributed by atoms with E-state index in [1.165, 1.54) is 0 Å². The van der Waals surface area contributed by atoms with E-state index in [0.717, 1.165) is 0 Å². The average molecular weight is 415 g/mol. The third kappa shape index (κ3) is 5.79. The first-order valence-electron chi connectivity index (χ1n) is 10.1. The Morgan fingerprint density at radius 3 is 1.90 bits per heavy atom. The van der Waals surface area contributed by atoms with Crippen LogP contribution in [0.1, 0.15) is 34.6 Å². The lowest BCUT2D eigenvalue weighted by Crippen LogP contribution is -2.47. The van der Waals surface area contributed by atoms with Gasteiger partial charge >= 0.3 is 0 Å². The van der Waals surface area contributed by atoms with Crippen LogP contribution in [0.25, 0.3) is 0 Å². The third-order valence-corrected chi connectivity index (χ3v) is 4.73.